The molecule has 2 aromatic rings. The molecular formula is C15H17BrFNO. The van der Waals surface area contributed by atoms with E-state index in [1.54, 1.807) is 6.26 Å². The Hall–Kier alpha value is -1.13. The Morgan fingerprint density at radius 2 is 2.16 bits per heavy atom. The monoisotopic (exact) mass is 325 g/mol. The molecule has 0 aliphatic carbocycles. The summed E-state index contributed by atoms with van der Waals surface area (Å²) in [5.41, 5.74) is 2.20. The van der Waals surface area contributed by atoms with E-state index in [4.69, 9.17) is 4.42 Å². The molecule has 2 rings (SSSR count). The van der Waals surface area contributed by atoms with Gasteiger partial charge in [-0.1, -0.05) is 13.0 Å². The quantitative estimate of drug-likeness (QED) is 0.882. The molecule has 1 heterocycles. The molecule has 1 aromatic heterocycles. The second kappa shape index (κ2) is 6.35. The fraction of sp³-hybridized carbons (Fsp3) is 0.333. The van der Waals surface area contributed by atoms with Crippen LogP contribution in [0.25, 0.3) is 0 Å². The summed E-state index contributed by atoms with van der Waals surface area (Å²) in [5.74, 6) is 0.709. The van der Waals surface area contributed by atoms with E-state index >= 15 is 0 Å². The normalized spacial score (nSPS) is 12.6. The van der Waals surface area contributed by atoms with Crippen molar-refractivity contribution in [1.82, 2.24) is 5.32 Å². The van der Waals surface area contributed by atoms with Crippen LogP contribution in [0.2, 0.25) is 0 Å². The van der Waals surface area contributed by atoms with Crippen LogP contribution in [-0.2, 0) is 6.42 Å². The summed E-state index contributed by atoms with van der Waals surface area (Å²) in [7, 11) is 0. The van der Waals surface area contributed by atoms with Crippen LogP contribution in [0.5, 0.6) is 0 Å². The zero-order chi connectivity index (χ0) is 13.8. The van der Waals surface area contributed by atoms with E-state index in [1.807, 2.05) is 25.1 Å². The third-order valence-corrected chi connectivity index (χ3v) is 3.70. The van der Waals surface area contributed by atoms with Gasteiger partial charge in [-0.05, 0) is 65.1 Å². The SMILES string of the molecule is CCNC(Cc1ccc(F)c(Br)c1)c1occc1C. The van der Waals surface area contributed by atoms with Crippen molar-refractivity contribution in [3.8, 4) is 0 Å². The number of hydrogen-bond acceptors (Lipinski definition) is 2. The van der Waals surface area contributed by atoms with Gasteiger partial charge in [0.25, 0.3) is 0 Å². The van der Waals surface area contributed by atoms with Crippen LogP contribution < -0.4 is 5.32 Å². The molecule has 0 bridgehead atoms. The van der Waals surface area contributed by atoms with Crippen molar-refractivity contribution >= 4 is 15.9 Å². The van der Waals surface area contributed by atoms with Crippen molar-refractivity contribution in [2.75, 3.05) is 6.54 Å². The average molecular weight is 326 g/mol. The van der Waals surface area contributed by atoms with Gasteiger partial charge in [-0.25, -0.2) is 4.39 Å². The molecule has 1 aromatic carbocycles. The van der Waals surface area contributed by atoms with Crippen molar-refractivity contribution in [1.29, 1.82) is 0 Å². The number of rotatable bonds is 5. The summed E-state index contributed by atoms with van der Waals surface area (Å²) in [6, 6.07) is 7.18. The van der Waals surface area contributed by atoms with Crippen molar-refractivity contribution in [3.63, 3.8) is 0 Å². The van der Waals surface area contributed by atoms with Crippen LogP contribution in [0, 0.1) is 12.7 Å². The van der Waals surface area contributed by atoms with Crippen LogP contribution in [0.15, 0.2) is 39.4 Å². The molecule has 1 atom stereocenters. The third kappa shape index (κ3) is 3.45. The summed E-state index contributed by atoms with van der Waals surface area (Å²) < 4.78 is 19.3. The number of hydrogen-bond donors (Lipinski definition) is 1. The number of halogens is 2. The molecule has 0 aliphatic heterocycles. The minimum Gasteiger partial charge on any atom is -0.467 e. The van der Waals surface area contributed by atoms with Gasteiger partial charge in [-0.3, -0.25) is 0 Å². The van der Waals surface area contributed by atoms with E-state index in [2.05, 4.69) is 28.2 Å². The highest BCUT2D eigenvalue weighted by Gasteiger charge is 2.17. The molecule has 1 unspecified atom stereocenters. The van der Waals surface area contributed by atoms with E-state index in [-0.39, 0.29) is 11.9 Å². The van der Waals surface area contributed by atoms with Gasteiger partial charge in [0.2, 0.25) is 0 Å². The molecule has 0 aliphatic rings. The molecule has 0 saturated heterocycles. The topological polar surface area (TPSA) is 25.2 Å². The lowest BCUT2D eigenvalue weighted by Crippen LogP contribution is -2.23. The van der Waals surface area contributed by atoms with E-state index in [0.29, 0.717) is 4.47 Å². The molecule has 2 nitrogen and oxygen atoms in total. The maximum Gasteiger partial charge on any atom is 0.137 e. The molecule has 0 saturated carbocycles. The summed E-state index contributed by atoms with van der Waals surface area (Å²) in [5, 5.41) is 3.41. The number of likely N-dealkylation sites (N-methyl/N-ethyl adjacent to an activating group) is 1. The highest BCUT2D eigenvalue weighted by Crippen LogP contribution is 2.25. The smallest absolute Gasteiger partial charge is 0.137 e. The van der Waals surface area contributed by atoms with E-state index < -0.39 is 0 Å². The minimum atomic E-state index is -0.238. The van der Waals surface area contributed by atoms with Crippen LogP contribution in [-0.4, -0.2) is 6.54 Å². The van der Waals surface area contributed by atoms with Crippen molar-refractivity contribution in [2.24, 2.45) is 0 Å². The summed E-state index contributed by atoms with van der Waals surface area (Å²) in [6.07, 6.45) is 2.47. The summed E-state index contributed by atoms with van der Waals surface area (Å²) in [6.45, 7) is 4.95. The van der Waals surface area contributed by atoms with Crippen molar-refractivity contribution in [3.05, 3.63) is 57.7 Å². The third-order valence-electron chi connectivity index (χ3n) is 3.09. The Kier molecular flexibility index (Phi) is 4.77. The highest BCUT2D eigenvalue weighted by atomic mass is 79.9. The fourth-order valence-electron chi connectivity index (χ4n) is 2.15. The Labute approximate surface area is 121 Å². The lowest BCUT2D eigenvalue weighted by atomic mass is 10.0. The maximum atomic E-state index is 13.2. The second-order valence-electron chi connectivity index (χ2n) is 4.53. The van der Waals surface area contributed by atoms with E-state index in [9.17, 15) is 4.39 Å². The molecule has 0 radical (unpaired) electrons. The molecule has 102 valence electrons. The van der Waals surface area contributed by atoms with Gasteiger partial charge in [-0.15, -0.1) is 0 Å². The first-order chi connectivity index (χ1) is 9.11. The van der Waals surface area contributed by atoms with Crippen LogP contribution in [0.3, 0.4) is 0 Å². The van der Waals surface area contributed by atoms with Crippen molar-refractivity contribution < 1.29 is 8.81 Å². The zero-order valence-corrected chi connectivity index (χ0v) is 12.6. The molecular weight excluding hydrogens is 309 g/mol. The van der Waals surface area contributed by atoms with Gasteiger partial charge >= 0.3 is 0 Å². The van der Waals surface area contributed by atoms with Gasteiger partial charge < -0.3 is 9.73 Å². The standard InChI is InChI=1S/C15H17BrFNO/c1-3-18-14(15-10(2)6-7-19-15)9-11-4-5-13(17)12(16)8-11/h4-8,14,18H,3,9H2,1-2H3. The molecule has 0 spiro atoms. The van der Waals surface area contributed by atoms with Crippen LogP contribution in [0.1, 0.15) is 29.9 Å². The Morgan fingerprint density at radius 1 is 1.37 bits per heavy atom. The van der Waals surface area contributed by atoms with Crippen LogP contribution >= 0.6 is 15.9 Å². The molecule has 19 heavy (non-hydrogen) atoms. The van der Waals surface area contributed by atoms with Gasteiger partial charge in [0.05, 0.1) is 16.8 Å². The molecule has 1 N–H and O–H groups in total. The first-order valence-electron chi connectivity index (χ1n) is 6.33. The summed E-state index contributed by atoms with van der Waals surface area (Å²) in [4.78, 5) is 0. The predicted molar refractivity (Wildman–Crippen MR) is 77.7 cm³/mol. The van der Waals surface area contributed by atoms with Crippen molar-refractivity contribution in [2.45, 2.75) is 26.3 Å². The average Bonchev–Trinajstić information content (AvgIpc) is 2.79. The second-order valence-corrected chi connectivity index (χ2v) is 5.39. The number of furan rings is 1. The summed E-state index contributed by atoms with van der Waals surface area (Å²) >= 11 is 3.22. The largest absolute Gasteiger partial charge is 0.467 e. The van der Waals surface area contributed by atoms with Gasteiger partial charge in [0, 0.05) is 0 Å². The molecule has 0 fully saturated rings. The minimum absolute atomic E-state index is 0.109. The number of nitrogens with one attached hydrogen (secondary N) is 1. The Morgan fingerprint density at radius 3 is 2.74 bits per heavy atom. The van der Waals surface area contributed by atoms with Crippen LogP contribution in [0.4, 0.5) is 4.39 Å². The first kappa shape index (κ1) is 14.3. The maximum absolute atomic E-state index is 13.2. The fourth-order valence-corrected chi connectivity index (χ4v) is 2.57. The van der Waals surface area contributed by atoms with Gasteiger partial charge in [0.1, 0.15) is 11.6 Å². The lowest BCUT2D eigenvalue weighted by Gasteiger charge is -2.17. The first-order valence-corrected chi connectivity index (χ1v) is 7.12. The Balaban J connectivity index is 2.21. The van der Waals surface area contributed by atoms with Gasteiger partial charge in [-0.2, -0.15) is 0 Å². The Bertz CT molecular complexity index is 553. The number of benzene rings is 1. The molecule has 4 heteroatoms. The predicted octanol–water partition coefficient (Wildman–Crippen LogP) is 4.38. The van der Waals surface area contributed by atoms with E-state index in [1.165, 1.54) is 6.07 Å². The molecule has 0 amide bonds. The van der Waals surface area contributed by atoms with E-state index in [0.717, 1.165) is 29.9 Å². The zero-order valence-electron chi connectivity index (χ0n) is 11.0. The highest BCUT2D eigenvalue weighted by molar-refractivity contribution is 9.10. The number of aryl methyl sites for hydroxylation is 1. The van der Waals surface area contributed by atoms with Gasteiger partial charge in [0.15, 0.2) is 0 Å². The lowest BCUT2D eigenvalue weighted by molar-refractivity contribution is 0.413.